The lowest BCUT2D eigenvalue weighted by Gasteiger charge is -2.34. The van der Waals surface area contributed by atoms with Crippen LogP contribution in [0.25, 0.3) is 0 Å². The molecule has 2 atom stereocenters. The largest absolute Gasteiger partial charge is 0.374 e. The van der Waals surface area contributed by atoms with Crippen molar-refractivity contribution in [3.05, 3.63) is 35.1 Å². The molecule has 1 aromatic carbocycles. The van der Waals surface area contributed by atoms with Gasteiger partial charge in [-0.1, -0.05) is 0 Å². The second-order valence-corrected chi connectivity index (χ2v) is 4.86. The molecule has 1 aliphatic rings. The van der Waals surface area contributed by atoms with Crippen LogP contribution in [0.3, 0.4) is 0 Å². The predicted octanol–water partition coefficient (Wildman–Crippen LogP) is 1.65. The van der Waals surface area contributed by atoms with Gasteiger partial charge in [-0.05, 0) is 13.0 Å². The fourth-order valence-corrected chi connectivity index (χ4v) is 2.12. The molecule has 3 nitrogen and oxygen atoms in total. The van der Waals surface area contributed by atoms with Gasteiger partial charge in [0.05, 0.1) is 12.7 Å². The number of benzene rings is 1. The maximum absolute atomic E-state index is 13.6. The van der Waals surface area contributed by atoms with E-state index in [4.69, 9.17) is 10.5 Å². The SMILES string of the molecule is CC(N)C1CN(Cc2cc(F)c(F)cc2F)CCO1. The van der Waals surface area contributed by atoms with Crippen LogP contribution in [0, 0.1) is 17.5 Å². The Morgan fingerprint density at radius 3 is 2.68 bits per heavy atom. The number of nitrogens with two attached hydrogens (primary N) is 1. The summed E-state index contributed by atoms with van der Waals surface area (Å²) in [6.45, 7) is 3.72. The van der Waals surface area contributed by atoms with Crippen LogP contribution < -0.4 is 5.73 Å². The van der Waals surface area contributed by atoms with Crippen molar-refractivity contribution < 1.29 is 17.9 Å². The second kappa shape index (κ2) is 5.90. The van der Waals surface area contributed by atoms with Gasteiger partial charge in [0, 0.05) is 37.3 Å². The fraction of sp³-hybridized carbons (Fsp3) is 0.538. The van der Waals surface area contributed by atoms with E-state index < -0.39 is 17.5 Å². The van der Waals surface area contributed by atoms with Crippen LogP contribution in [0.2, 0.25) is 0 Å². The fourth-order valence-electron chi connectivity index (χ4n) is 2.12. The number of ether oxygens (including phenoxy) is 1. The van der Waals surface area contributed by atoms with Crippen LogP contribution in [-0.4, -0.2) is 36.7 Å². The van der Waals surface area contributed by atoms with E-state index in [0.717, 1.165) is 6.07 Å². The van der Waals surface area contributed by atoms with E-state index in [1.54, 1.807) is 0 Å². The summed E-state index contributed by atoms with van der Waals surface area (Å²) in [7, 11) is 0. The molecule has 0 spiro atoms. The molecule has 0 aromatic heterocycles. The van der Waals surface area contributed by atoms with Crippen LogP contribution in [0.4, 0.5) is 13.2 Å². The molecule has 1 fully saturated rings. The maximum atomic E-state index is 13.6. The summed E-state index contributed by atoms with van der Waals surface area (Å²) >= 11 is 0. The third-order valence-corrected chi connectivity index (χ3v) is 3.25. The van der Waals surface area contributed by atoms with E-state index in [1.807, 2.05) is 11.8 Å². The number of nitrogens with zero attached hydrogens (tertiary/aromatic N) is 1. The summed E-state index contributed by atoms with van der Waals surface area (Å²) in [4.78, 5) is 1.92. The molecule has 0 aliphatic carbocycles. The lowest BCUT2D eigenvalue weighted by atomic mass is 10.1. The molecule has 1 aromatic rings. The van der Waals surface area contributed by atoms with E-state index in [1.165, 1.54) is 0 Å². The Morgan fingerprint density at radius 1 is 1.32 bits per heavy atom. The van der Waals surface area contributed by atoms with Crippen molar-refractivity contribution >= 4 is 0 Å². The van der Waals surface area contributed by atoms with Crippen molar-refractivity contribution in [2.75, 3.05) is 19.7 Å². The Morgan fingerprint density at radius 2 is 2.00 bits per heavy atom. The summed E-state index contributed by atoms with van der Waals surface area (Å²) in [5, 5.41) is 0. The zero-order valence-corrected chi connectivity index (χ0v) is 10.7. The summed E-state index contributed by atoms with van der Waals surface area (Å²) in [5.41, 5.74) is 5.90. The second-order valence-electron chi connectivity index (χ2n) is 4.86. The third-order valence-electron chi connectivity index (χ3n) is 3.25. The lowest BCUT2D eigenvalue weighted by molar-refractivity contribution is -0.0406. The predicted molar refractivity (Wildman–Crippen MR) is 65.0 cm³/mol. The molecular weight excluding hydrogens is 257 g/mol. The Labute approximate surface area is 110 Å². The molecule has 0 bridgehead atoms. The molecule has 1 heterocycles. The molecule has 6 heteroatoms. The average molecular weight is 274 g/mol. The van der Waals surface area contributed by atoms with Gasteiger partial charge in [0.2, 0.25) is 0 Å². The van der Waals surface area contributed by atoms with Crippen molar-refractivity contribution in [2.24, 2.45) is 5.73 Å². The number of hydrogen-bond donors (Lipinski definition) is 1. The monoisotopic (exact) mass is 274 g/mol. The first-order chi connectivity index (χ1) is 8.97. The van der Waals surface area contributed by atoms with Gasteiger partial charge in [-0.2, -0.15) is 0 Å². The van der Waals surface area contributed by atoms with E-state index in [0.29, 0.717) is 25.8 Å². The van der Waals surface area contributed by atoms with Crippen LogP contribution in [-0.2, 0) is 11.3 Å². The number of morpholine rings is 1. The normalized spacial score (nSPS) is 22.5. The highest BCUT2D eigenvalue weighted by atomic mass is 19.2. The molecule has 1 saturated heterocycles. The van der Waals surface area contributed by atoms with Gasteiger partial charge in [-0.3, -0.25) is 4.90 Å². The van der Waals surface area contributed by atoms with Crippen LogP contribution in [0.5, 0.6) is 0 Å². The molecular formula is C13H17F3N2O. The van der Waals surface area contributed by atoms with Crippen LogP contribution in [0.15, 0.2) is 12.1 Å². The Hall–Kier alpha value is -1.11. The van der Waals surface area contributed by atoms with Crippen molar-refractivity contribution in [3.8, 4) is 0 Å². The Kier molecular flexibility index (Phi) is 4.44. The average Bonchev–Trinajstić information content (AvgIpc) is 2.36. The highest BCUT2D eigenvalue weighted by Gasteiger charge is 2.24. The van der Waals surface area contributed by atoms with Gasteiger partial charge in [-0.25, -0.2) is 13.2 Å². The van der Waals surface area contributed by atoms with Gasteiger partial charge in [0.25, 0.3) is 0 Å². The van der Waals surface area contributed by atoms with Crippen molar-refractivity contribution in [3.63, 3.8) is 0 Å². The third kappa shape index (κ3) is 3.46. The first kappa shape index (κ1) is 14.3. The molecule has 2 rings (SSSR count). The van der Waals surface area contributed by atoms with Gasteiger partial charge in [0.15, 0.2) is 11.6 Å². The molecule has 106 valence electrons. The molecule has 19 heavy (non-hydrogen) atoms. The quantitative estimate of drug-likeness (QED) is 0.852. The minimum atomic E-state index is -1.17. The van der Waals surface area contributed by atoms with E-state index in [2.05, 4.69) is 0 Å². The van der Waals surface area contributed by atoms with Crippen molar-refractivity contribution in [1.82, 2.24) is 4.90 Å². The van der Waals surface area contributed by atoms with E-state index >= 15 is 0 Å². The zero-order valence-electron chi connectivity index (χ0n) is 10.7. The molecule has 2 N–H and O–H groups in total. The van der Waals surface area contributed by atoms with Crippen molar-refractivity contribution in [1.29, 1.82) is 0 Å². The maximum Gasteiger partial charge on any atom is 0.161 e. The van der Waals surface area contributed by atoms with Gasteiger partial charge < -0.3 is 10.5 Å². The van der Waals surface area contributed by atoms with Gasteiger partial charge in [0.1, 0.15) is 5.82 Å². The van der Waals surface area contributed by atoms with E-state index in [9.17, 15) is 13.2 Å². The number of halogens is 3. The highest BCUT2D eigenvalue weighted by molar-refractivity contribution is 5.20. The zero-order chi connectivity index (χ0) is 14.0. The summed E-state index contributed by atoms with van der Waals surface area (Å²) < 4.78 is 45.0. The standard InChI is InChI=1S/C13H17F3N2O/c1-8(17)13-7-18(2-3-19-13)6-9-4-11(15)12(16)5-10(9)14/h4-5,8,13H,2-3,6-7,17H2,1H3. The molecule has 1 aliphatic heterocycles. The van der Waals surface area contributed by atoms with E-state index in [-0.39, 0.29) is 24.3 Å². The van der Waals surface area contributed by atoms with Gasteiger partial charge in [-0.15, -0.1) is 0 Å². The minimum Gasteiger partial charge on any atom is -0.374 e. The Balaban J connectivity index is 2.06. The Bertz CT molecular complexity index is 454. The molecule has 0 radical (unpaired) electrons. The minimum absolute atomic E-state index is 0.123. The topological polar surface area (TPSA) is 38.5 Å². The summed E-state index contributed by atoms with van der Waals surface area (Å²) in [5.74, 6) is -2.94. The molecule has 0 amide bonds. The van der Waals surface area contributed by atoms with Crippen LogP contribution >= 0.6 is 0 Å². The smallest absolute Gasteiger partial charge is 0.161 e. The number of hydrogen-bond acceptors (Lipinski definition) is 3. The summed E-state index contributed by atoms with van der Waals surface area (Å²) in [6, 6.07) is 1.35. The lowest BCUT2D eigenvalue weighted by Crippen LogP contribution is -2.49. The highest BCUT2D eigenvalue weighted by Crippen LogP contribution is 2.17. The number of rotatable bonds is 3. The van der Waals surface area contributed by atoms with Gasteiger partial charge >= 0.3 is 0 Å². The van der Waals surface area contributed by atoms with Crippen LogP contribution in [0.1, 0.15) is 12.5 Å². The summed E-state index contributed by atoms with van der Waals surface area (Å²) in [6.07, 6.45) is -0.123. The molecule has 0 saturated carbocycles. The molecule has 2 unspecified atom stereocenters. The first-order valence-corrected chi connectivity index (χ1v) is 6.20. The first-order valence-electron chi connectivity index (χ1n) is 6.20. The van der Waals surface area contributed by atoms with Crippen molar-refractivity contribution in [2.45, 2.75) is 25.6 Å².